The molecule has 0 bridgehead atoms. The molecule has 1 aromatic heterocycles. The van der Waals surface area contributed by atoms with Crippen molar-refractivity contribution in [1.29, 1.82) is 0 Å². The fraction of sp³-hybridized carbons (Fsp3) is 0.300. The molecule has 2 atom stereocenters. The summed E-state index contributed by atoms with van der Waals surface area (Å²) in [7, 11) is 6.32. The molecular formula is C30H29BrF4N2O4. The van der Waals surface area contributed by atoms with Gasteiger partial charge in [-0.2, -0.15) is 0 Å². The standard InChI is InChI=1S/C30H29BrF4N2O4/c1-37(2)14-13-29(38,19-7-5-8-21(17-19)41-30(33,34)35)26(22-9-6-10-25(39-3)27(22)32)23-16-18-15-20(31)11-12-24(18)36-28(23)40-4/h5-12,15-17,26,38H,13-14H2,1-4H3. The molecule has 0 fully saturated rings. The lowest BCUT2D eigenvalue weighted by atomic mass is 9.71. The molecule has 1 N–H and O–H groups in total. The average Bonchev–Trinajstić information content (AvgIpc) is 2.91. The van der Waals surface area contributed by atoms with Crippen LogP contribution in [0.5, 0.6) is 17.4 Å². The molecule has 4 rings (SSSR count). The van der Waals surface area contributed by atoms with E-state index >= 15 is 4.39 Å². The highest BCUT2D eigenvalue weighted by Crippen LogP contribution is 2.49. The van der Waals surface area contributed by atoms with Crippen LogP contribution in [0.1, 0.15) is 29.0 Å². The molecule has 0 radical (unpaired) electrons. The smallest absolute Gasteiger partial charge is 0.494 e. The van der Waals surface area contributed by atoms with E-state index in [9.17, 15) is 18.3 Å². The highest BCUT2D eigenvalue weighted by atomic mass is 79.9. The van der Waals surface area contributed by atoms with E-state index in [2.05, 4.69) is 25.7 Å². The summed E-state index contributed by atoms with van der Waals surface area (Å²) in [5, 5.41) is 13.4. The third-order valence-corrected chi connectivity index (χ3v) is 7.28. The molecule has 4 aromatic rings. The van der Waals surface area contributed by atoms with Gasteiger partial charge in [0.1, 0.15) is 11.4 Å². The number of halogens is 5. The van der Waals surface area contributed by atoms with Crippen molar-refractivity contribution in [2.45, 2.75) is 24.3 Å². The Morgan fingerprint density at radius 2 is 1.68 bits per heavy atom. The van der Waals surface area contributed by atoms with Gasteiger partial charge >= 0.3 is 6.36 Å². The summed E-state index contributed by atoms with van der Waals surface area (Å²) < 4.78 is 71.4. The number of fused-ring (bicyclic) bond motifs is 1. The van der Waals surface area contributed by atoms with Crippen molar-refractivity contribution in [1.82, 2.24) is 9.88 Å². The highest BCUT2D eigenvalue weighted by molar-refractivity contribution is 9.10. The Morgan fingerprint density at radius 3 is 2.34 bits per heavy atom. The molecule has 2 unspecified atom stereocenters. The maximum atomic E-state index is 16.1. The monoisotopic (exact) mass is 636 g/mol. The lowest BCUT2D eigenvalue weighted by molar-refractivity contribution is -0.274. The maximum absolute atomic E-state index is 16.1. The van der Waals surface area contributed by atoms with Crippen molar-refractivity contribution in [2.24, 2.45) is 0 Å². The van der Waals surface area contributed by atoms with Gasteiger partial charge in [-0.15, -0.1) is 13.2 Å². The van der Waals surface area contributed by atoms with Crippen LogP contribution in [0.2, 0.25) is 0 Å². The lowest BCUT2D eigenvalue weighted by Gasteiger charge is -2.39. The zero-order valence-electron chi connectivity index (χ0n) is 22.8. The van der Waals surface area contributed by atoms with Gasteiger partial charge < -0.3 is 24.2 Å². The van der Waals surface area contributed by atoms with Gasteiger partial charge in [0.2, 0.25) is 5.88 Å². The average molecular weight is 637 g/mol. The SMILES string of the molecule is COc1cccc(C(c2cc3cc(Br)ccc3nc2OC)C(O)(CCN(C)C)c2cccc(OC(F)(F)F)c2)c1F. The summed E-state index contributed by atoms with van der Waals surface area (Å²) in [6, 6.07) is 16.8. The predicted molar refractivity (Wildman–Crippen MR) is 151 cm³/mol. The minimum atomic E-state index is -4.95. The number of aliphatic hydroxyl groups is 1. The van der Waals surface area contributed by atoms with Gasteiger partial charge in [-0.25, -0.2) is 9.37 Å². The van der Waals surface area contributed by atoms with Crippen LogP contribution < -0.4 is 14.2 Å². The topological polar surface area (TPSA) is 64.0 Å². The highest BCUT2D eigenvalue weighted by Gasteiger charge is 2.44. The fourth-order valence-electron chi connectivity index (χ4n) is 4.92. The van der Waals surface area contributed by atoms with E-state index in [4.69, 9.17) is 9.47 Å². The van der Waals surface area contributed by atoms with Crippen molar-refractivity contribution >= 4 is 26.8 Å². The molecule has 0 aliphatic heterocycles. The zero-order valence-corrected chi connectivity index (χ0v) is 24.4. The van der Waals surface area contributed by atoms with Crippen molar-refractivity contribution in [3.8, 4) is 17.4 Å². The number of hydrogen-bond acceptors (Lipinski definition) is 6. The van der Waals surface area contributed by atoms with Crippen LogP contribution in [0.25, 0.3) is 10.9 Å². The molecule has 0 saturated carbocycles. The normalized spacial score (nSPS) is 14.1. The van der Waals surface area contributed by atoms with Gasteiger partial charge in [-0.05, 0) is 68.5 Å². The molecule has 11 heteroatoms. The Balaban J connectivity index is 2.07. The Hall–Kier alpha value is -3.41. The van der Waals surface area contributed by atoms with Gasteiger partial charge in [-0.1, -0.05) is 40.2 Å². The van der Waals surface area contributed by atoms with E-state index in [1.54, 1.807) is 32.3 Å². The van der Waals surface area contributed by atoms with E-state index in [1.807, 2.05) is 17.0 Å². The van der Waals surface area contributed by atoms with Crippen molar-refractivity contribution in [2.75, 3.05) is 34.9 Å². The molecule has 0 aliphatic carbocycles. The van der Waals surface area contributed by atoms with Gasteiger partial charge in [0.25, 0.3) is 0 Å². The van der Waals surface area contributed by atoms with Gasteiger partial charge in [0.05, 0.1) is 25.7 Å². The first kappa shape index (κ1) is 30.5. The molecule has 0 amide bonds. The van der Waals surface area contributed by atoms with Crippen LogP contribution in [-0.4, -0.2) is 56.2 Å². The molecule has 0 spiro atoms. The Morgan fingerprint density at radius 1 is 0.951 bits per heavy atom. The number of rotatable bonds is 10. The van der Waals surface area contributed by atoms with Crippen molar-refractivity contribution in [3.63, 3.8) is 0 Å². The number of alkyl halides is 3. The van der Waals surface area contributed by atoms with Gasteiger partial charge in [0, 0.05) is 27.5 Å². The van der Waals surface area contributed by atoms with E-state index < -0.39 is 29.4 Å². The second-order valence-electron chi connectivity index (χ2n) is 9.77. The molecule has 218 valence electrons. The number of methoxy groups -OCH3 is 2. The van der Waals surface area contributed by atoms with Gasteiger partial charge in [-0.3, -0.25) is 0 Å². The van der Waals surface area contributed by atoms with Gasteiger partial charge in [0.15, 0.2) is 11.6 Å². The van der Waals surface area contributed by atoms with Crippen LogP contribution in [-0.2, 0) is 5.60 Å². The number of benzene rings is 3. The van der Waals surface area contributed by atoms with Crippen LogP contribution >= 0.6 is 15.9 Å². The minimum Gasteiger partial charge on any atom is -0.494 e. The molecule has 0 aliphatic rings. The summed E-state index contributed by atoms with van der Waals surface area (Å²) >= 11 is 3.46. The predicted octanol–water partition coefficient (Wildman–Crippen LogP) is 7.02. The van der Waals surface area contributed by atoms with Crippen molar-refractivity contribution < 1.29 is 36.9 Å². The Kier molecular flexibility index (Phi) is 9.10. The number of ether oxygens (including phenoxy) is 3. The third-order valence-electron chi connectivity index (χ3n) is 6.78. The molecule has 1 heterocycles. The second-order valence-corrected chi connectivity index (χ2v) is 10.7. The van der Waals surface area contributed by atoms with Crippen LogP contribution in [0.4, 0.5) is 17.6 Å². The third kappa shape index (κ3) is 6.74. The minimum absolute atomic E-state index is 0.00351. The van der Waals surface area contributed by atoms with Crippen LogP contribution in [0.3, 0.4) is 0 Å². The van der Waals surface area contributed by atoms with Crippen molar-refractivity contribution in [3.05, 3.63) is 93.7 Å². The number of aromatic nitrogens is 1. The first-order valence-corrected chi connectivity index (χ1v) is 13.4. The maximum Gasteiger partial charge on any atom is 0.573 e. The first-order valence-electron chi connectivity index (χ1n) is 12.6. The van der Waals surface area contributed by atoms with E-state index in [0.717, 1.165) is 16.6 Å². The molecule has 41 heavy (non-hydrogen) atoms. The number of nitrogens with zero attached hydrogens (tertiary/aromatic N) is 2. The van der Waals surface area contributed by atoms with Crippen LogP contribution in [0, 0.1) is 5.82 Å². The largest absolute Gasteiger partial charge is 0.573 e. The molecule has 0 saturated heterocycles. The molecule has 3 aromatic carbocycles. The summed E-state index contributed by atoms with van der Waals surface area (Å²) in [5.74, 6) is -2.40. The molecule has 6 nitrogen and oxygen atoms in total. The number of pyridine rings is 1. The zero-order chi connectivity index (χ0) is 29.9. The van der Waals surface area contributed by atoms with Crippen LogP contribution in [0.15, 0.2) is 71.2 Å². The van der Waals surface area contributed by atoms with E-state index in [1.165, 1.54) is 38.5 Å². The fourth-order valence-corrected chi connectivity index (χ4v) is 5.30. The summed E-state index contributed by atoms with van der Waals surface area (Å²) in [5.41, 5.74) is -0.923. The Labute approximate surface area is 243 Å². The lowest BCUT2D eigenvalue weighted by Crippen LogP contribution is -2.38. The summed E-state index contributed by atoms with van der Waals surface area (Å²) in [6.45, 7) is 0.303. The van der Waals surface area contributed by atoms with E-state index in [-0.39, 0.29) is 29.2 Å². The van der Waals surface area contributed by atoms with E-state index in [0.29, 0.717) is 23.0 Å². The Bertz CT molecular complexity index is 1530. The summed E-state index contributed by atoms with van der Waals surface area (Å²) in [6.07, 6.45) is -4.95. The summed E-state index contributed by atoms with van der Waals surface area (Å²) in [4.78, 5) is 6.44. The quantitative estimate of drug-likeness (QED) is 0.189. The number of hydrogen-bond donors (Lipinski definition) is 1. The molecular weight excluding hydrogens is 608 g/mol. The second kappa shape index (κ2) is 12.2. The first-order chi connectivity index (χ1) is 19.4.